The molecule has 0 saturated carbocycles. The van der Waals surface area contributed by atoms with E-state index >= 15 is 0 Å². The van der Waals surface area contributed by atoms with Crippen LogP contribution in [0.3, 0.4) is 0 Å². The summed E-state index contributed by atoms with van der Waals surface area (Å²) in [5.74, 6) is 0. The van der Waals surface area contributed by atoms with E-state index in [9.17, 15) is 0 Å². The van der Waals surface area contributed by atoms with E-state index in [-0.39, 0.29) is 6.04 Å². The number of benzene rings is 1. The third-order valence-electron chi connectivity index (χ3n) is 2.94. The molecule has 2 aromatic rings. The Morgan fingerprint density at radius 3 is 2.68 bits per heavy atom. The number of pyridine rings is 1. The zero-order valence-corrected chi connectivity index (χ0v) is 11.5. The first-order valence-corrected chi connectivity index (χ1v) is 6.67. The predicted octanol–water partition coefficient (Wildman–Crippen LogP) is 4.14. The highest BCUT2D eigenvalue weighted by molar-refractivity contribution is 6.31. The molecule has 98 valence electrons. The summed E-state index contributed by atoms with van der Waals surface area (Å²) in [6.07, 6.45) is 4.54. The van der Waals surface area contributed by atoms with Gasteiger partial charge in [-0.1, -0.05) is 41.9 Å². The number of aromatic nitrogens is 1. The summed E-state index contributed by atoms with van der Waals surface area (Å²) < 4.78 is 0. The number of hydrogen-bond acceptors (Lipinski definition) is 2. The van der Waals surface area contributed by atoms with Crippen LogP contribution in [0.1, 0.15) is 23.7 Å². The van der Waals surface area contributed by atoms with Crippen LogP contribution in [0.4, 0.5) is 0 Å². The molecule has 0 fully saturated rings. The predicted molar refractivity (Wildman–Crippen MR) is 80.1 cm³/mol. The Morgan fingerprint density at radius 1 is 1.21 bits per heavy atom. The minimum Gasteiger partial charge on any atom is -0.304 e. The lowest BCUT2D eigenvalue weighted by Gasteiger charge is -2.17. The lowest BCUT2D eigenvalue weighted by atomic mass is 10.1. The van der Waals surface area contributed by atoms with E-state index in [1.807, 2.05) is 54.7 Å². The molecule has 1 heterocycles. The maximum Gasteiger partial charge on any atom is 0.0576 e. The molecular formula is C16H17ClN2. The second-order valence-corrected chi connectivity index (χ2v) is 4.71. The number of hydrogen-bond donors (Lipinski definition) is 1. The van der Waals surface area contributed by atoms with E-state index in [2.05, 4.69) is 16.9 Å². The number of nitrogens with one attached hydrogen (secondary N) is 1. The van der Waals surface area contributed by atoms with Crippen LogP contribution < -0.4 is 5.32 Å². The SMILES string of the molecule is C=CCC(NCc1ccccc1Cl)c1ccccn1. The lowest BCUT2D eigenvalue weighted by molar-refractivity contribution is 0.526. The Bertz CT molecular complexity index is 525. The van der Waals surface area contributed by atoms with Crippen LogP contribution in [0.2, 0.25) is 5.02 Å². The molecule has 0 saturated heterocycles. The molecule has 1 aromatic heterocycles. The molecule has 0 aliphatic carbocycles. The van der Waals surface area contributed by atoms with Gasteiger partial charge in [-0.15, -0.1) is 6.58 Å². The fourth-order valence-electron chi connectivity index (χ4n) is 1.93. The molecule has 0 radical (unpaired) electrons. The van der Waals surface area contributed by atoms with Gasteiger partial charge in [-0.25, -0.2) is 0 Å². The summed E-state index contributed by atoms with van der Waals surface area (Å²) in [6.45, 7) is 4.52. The Morgan fingerprint density at radius 2 is 2.00 bits per heavy atom. The van der Waals surface area contributed by atoms with E-state index in [1.54, 1.807) is 0 Å². The van der Waals surface area contributed by atoms with Crippen LogP contribution in [0, 0.1) is 0 Å². The molecule has 1 aromatic carbocycles. The van der Waals surface area contributed by atoms with Crippen LogP contribution in [-0.2, 0) is 6.54 Å². The highest BCUT2D eigenvalue weighted by Crippen LogP contribution is 2.18. The molecule has 3 heteroatoms. The fourth-order valence-corrected chi connectivity index (χ4v) is 2.13. The van der Waals surface area contributed by atoms with Crippen molar-refractivity contribution in [3.63, 3.8) is 0 Å². The molecule has 0 bridgehead atoms. The van der Waals surface area contributed by atoms with Crippen molar-refractivity contribution in [2.75, 3.05) is 0 Å². The summed E-state index contributed by atoms with van der Waals surface area (Å²) in [6, 6.07) is 14.0. The molecule has 0 amide bonds. The normalized spacial score (nSPS) is 12.1. The Labute approximate surface area is 119 Å². The van der Waals surface area contributed by atoms with E-state index in [0.29, 0.717) is 0 Å². The van der Waals surface area contributed by atoms with Gasteiger partial charge in [0.1, 0.15) is 0 Å². The maximum atomic E-state index is 6.15. The van der Waals surface area contributed by atoms with Crippen LogP contribution >= 0.6 is 11.6 Å². The average Bonchev–Trinajstić information content (AvgIpc) is 2.46. The van der Waals surface area contributed by atoms with Gasteiger partial charge in [0.05, 0.1) is 11.7 Å². The summed E-state index contributed by atoms with van der Waals surface area (Å²) in [4.78, 5) is 4.39. The van der Waals surface area contributed by atoms with Crippen molar-refractivity contribution in [1.29, 1.82) is 0 Å². The number of nitrogens with zero attached hydrogens (tertiary/aromatic N) is 1. The summed E-state index contributed by atoms with van der Waals surface area (Å²) in [5.41, 5.74) is 2.11. The molecule has 1 unspecified atom stereocenters. The average molecular weight is 273 g/mol. The molecule has 19 heavy (non-hydrogen) atoms. The second-order valence-electron chi connectivity index (χ2n) is 4.30. The molecule has 0 aliphatic rings. The van der Waals surface area contributed by atoms with Crippen molar-refractivity contribution >= 4 is 11.6 Å². The molecular weight excluding hydrogens is 256 g/mol. The molecule has 1 N–H and O–H groups in total. The maximum absolute atomic E-state index is 6.15. The zero-order valence-electron chi connectivity index (χ0n) is 10.7. The van der Waals surface area contributed by atoms with E-state index in [1.165, 1.54) is 0 Å². The highest BCUT2D eigenvalue weighted by atomic mass is 35.5. The number of halogens is 1. The largest absolute Gasteiger partial charge is 0.304 e. The summed E-state index contributed by atoms with van der Waals surface area (Å²) in [5, 5.41) is 4.26. The molecule has 2 rings (SSSR count). The molecule has 1 atom stereocenters. The first-order chi connectivity index (χ1) is 9.31. The molecule has 0 aliphatic heterocycles. The van der Waals surface area contributed by atoms with Gasteiger partial charge < -0.3 is 5.32 Å². The van der Waals surface area contributed by atoms with Gasteiger partial charge in [-0.2, -0.15) is 0 Å². The second kappa shape index (κ2) is 7.07. The highest BCUT2D eigenvalue weighted by Gasteiger charge is 2.10. The summed E-state index contributed by atoms with van der Waals surface area (Å²) in [7, 11) is 0. The van der Waals surface area contributed by atoms with Crippen molar-refractivity contribution in [2.24, 2.45) is 0 Å². The fraction of sp³-hybridized carbons (Fsp3) is 0.188. The lowest BCUT2D eigenvalue weighted by Crippen LogP contribution is -2.21. The summed E-state index contributed by atoms with van der Waals surface area (Å²) >= 11 is 6.15. The standard InChI is InChI=1S/C16H17ClN2/c1-2-7-15(16-10-5-6-11-18-16)19-12-13-8-3-4-9-14(13)17/h2-6,8-11,15,19H,1,7,12H2. The quantitative estimate of drug-likeness (QED) is 0.800. The molecule has 2 nitrogen and oxygen atoms in total. The molecule has 0 spiro atoms. The van der Waals surface area contributed by atoms with Crippen LogP contribution in [0.25, 0.3) is 0 Å². The van der Waals surface area contributed by atoms with E-state index in [4.69, 9.17) is 11.6 Å². The van der Waals surface area contributed by atoms with Gasteiger partial charge in [0, 0.05) is 17.8 Å². The van der Waals surface area contributed by atoms with Crippen LogP contribution in [0.15, 0.2) is 61.3 Å². The third-order valence-corrected chi connectivity index (χ3v) is 3.31. The third kappa shape index (κ3) is 3.91. The van der Waals surface area contributed by atoms with Crippen LogP contribution in [-0.4, -0.2) is 4.98 Å². The van der Waals surface area contributed by atoms with Gasteiger partial charge in [0.15, 0.2) is 0 Å². The van der Waals surface area contributed by atoms with Crippen molar-refractivity contribution in [3.05, 3.63) is 77.6 Å². The van der Waals surface area contributed by atoms with Gasteiger partial charge in [-0.05, 0) is 30.2 Å². The van der Waals surface area contributed by atoms with Crippen molar-refractivity contribution in [1.82, 2.24) is 10.3 Å². The van der Waals surface area contributed by atoms with Crippen molar-refractivity contribution in [3.8, 4) is 0 Å². The van der Waals surface area contributed by atoms with Gasteiger partial charge in [0.25, 0.3) is 0 Å². The Balaban J connectivity index is 2.06. The monoisotopic (exact) mass is 272 g/mol. The van der Waals surface area contributed by atoms with Gasteiger partial charge in [0.2, 0.25) is 0 Å². The Kier molecular flexibility index (Phi) is 5.13. The van der Waals surface area contributed by atoms with Gasteiger partial charge >= 0.3 is 0 Å². The zero-order chi connectivity index (χ0) is 13.5. The Hall–Kier alpha value is -1.64. The number of rotatable bonds is 6. The smallest absolute Gasteiger partial charge is 0.0576 e. The first-order valence-electron chi connectivity index (χ1n) is 6.30. The van der Waals surface area contributed by atoms with Crippen molar-refractivity contribution < 1.29 is 0 Å². The topological polar surface area (TPSA) is 24.9 Å². The van der Waals surface area contributed by atoms with E-state index < -0.39 is 0 Å². The van der Waals surface area contributed by atoms with Gasteiger partial charge in [-0.3, -0.25) is 4.98 Å². The van der Waals surface area contributed by atoms with Crippen LogP contribution in [0.5, 0.6) is 0 Å². The first kappa shape index (κ1) is 13.8. The van der Waals surface area contributed by atoms with Crippen molar-refractivity contribution in [2.45, 2.75) is 19.0 Å². The minimum absolute atomic E-state index is 0.162. The van der Waals surface area contributed by atoms with E-state index in [0.717, 1.165) is 29.2 Å². The minimum atomic E-state index is 0.162.